The first-order valence-corrected chi connectivity index (χ1v) is 9.53. The fraction of sp³-hybridized carbons (Fsp3) is 0.143. The summed E-state index contributed by atoms with van der Waals surface area (Å²) in [4.78, 5) is 0. The van der Waals surface area contributed by atoms with Gasteiger partial charge in [-0.05, 0) is 36.8 Å². The van der Waals surface area contributed by atoms with Crippen LogP contribution in [0.2, 0.25) is 0 Å². The lowest BCUT2D eigenvalue weighted by molar-refractivity contribution is 0.482. The predicted octanol–water partition coefficient (Wildman–Crippen LogP) is 8.10. The molecule has 2 aromatic rings. The van der Waals surface area contributed by atoms with Crippen LogP contribution in [0.15, 0.2) is 46.6 Å². The Morgan fingerprint density at radius 2 is 1.24 bits per heavy atom. The second-order valence-electron chi connectivity index (χ2n) is 3.98. The van der Waals surface area contributed by atoms with E-state index in [1.54, 1.807) is 0 Å². The van der Waals surface area contributed by atoms with Crippen LogP contribution in [0.25, 0.3) is 0 Å². The summed E-state index contributed by atoms with van der Waals surface area (Å²) in [6, 6.07) is 6.53. The van der Waals surface area contributed by atoms with E-state index in [0.717, 1.165) is 27.9 Å². The number of hydrogen-bond donors (Lipinski definition) is 0. The number of hydrogen-bond acceptors (Lipinski definition) is 0. The highest BCUT2D eigenvalue weighted by molar-refractivity contribution is 9.12. The third-order valence-electron chi connectivity index (χ3n) is 2.49. The molecule has 0 bridgehead atoms. The summed E-state index contributed by atoms with van der Waals surface area (Å²) in [5, 5.41) is 0. The van der Waals surface area contributed by atoms with Gasteiger partial charge in [0.2, 0.25) is 0 Å². The summed E-state index contributed by atoms with van der Waals surface area (Å²) < 4.78 is 28.9. The van der Waals surface area contributed by atoms with Crippen LogP contribution in [0.4, 0.5) is 8.78 Å². The van der Waals surface area contributed by atoms with Crippen LogP contribution in [0.3, 0.4) is 0 Å². The van der Waals surface area contributed by atoms with Gasteiger partial charge in [-0.2, -0.15) is 0 Å². The molecule has 2 aromatic carbocycles. The van der Waals surface area contributed by atoms with Gasteiger partial charge >= 0.3 is 0 Å². The molecule has 0 heterocycles. The molecule has 0 N–H and O–H groups in total. The minimum Gasteiger partial charge on any atom is -0.246 e. The molecule has 2 rings (SSSR count). The lowest BCUT2D eigenvalue weighted by atomic mass is 10.2. The summed E-state index contributed by atoms with van der Waals surface area (Å²) in [6.45, 7) is 1.45. The number of halogens is 7. The monoisotopic (exact) mass is 610 g/mol. The van der Waals surface area contributed by atoms with Crippen molar-refractivity contribution in [2.45, 2.75) is 13.6 Å². The number of benzene rings is 2. The minimum absolute atomic E-state index is 0.232. The van der Waals surface area contributed by atoms with Crippen molar-refractivity contribution in [2.75, 3.05) is 0 Å². The Morgan fingerprint density at radius 3 is 1.62 bits per heavy atom. The molecule has 0 saturated heterocycles. The molecule has 0 aliphatic carbocycles. The van der Waals surface area contributed by atoms with Gasteiger partial charge in [-0.15, -0.1) is 0 Å². The standard InChI is InChI=1S/C7H4Br3F.C7H5Br2F/c8-4-1-6(9)5(3-11)7(10)2-4;1-4-6(8)2-5(10)3-7(4)9/h1-2H,3H2;2-3H,1H3. The zero-order valence-corrected chi connectivity index (χ0v) is 18.6. The first-order chi connectivity index (χ1) is 9.76. The highest BCUT2D eigenvalue weighted by atomic mass is 79.9. The topological polar surface area (TPSA) is 0 Å². The Balaban J connectivity index is 0.000000211. The Bertz CT molecular complexity index is 597. The van der Waals surface area contributed by atoms with Crippen molar-refractivity contribution < 1.29 is 8.78 Å². The van der Waals surface area contributed by atoms with Gasteiger partial charge < -0.3 is 0 Å². The number of alkyl halides is 1. The van der Waals surface area contributed by atoms with Crippen molar-refractivity contribution in [3.05, 3.63) is 63.6 Å². The molecule has 0 spiro atoms. The van der Waals surface area contributed by atoms with E-state index >= 15 is 0 Å². The maximum absolute atomic E-state index is 12.5. The molecule has 0 radical (unpaired) electrons. The van der Waals surface area contributed by atoms with Crippen LogP contribution in [0, 0.1) is 12.7 Å². The van der Waals surface area contributed by atoms with Crippen LogP contribution in [0.1, 0.15) is 11.1 Å². The molecule has 0 fully saturated rings. The Labute approximate surface area is 164 Å². The second kappa shape index (κ2) is 9.11. The van der Waals surface area contributed by atoms with Crippen LogP contribution in [0.5, 0.6) is 0 Å². The molecule has 0 unspecified atom stereocenters. The molecule has 0 aliphatic heterocycles. The summed E-state index contributed by atoms with van der Waals surface area (Å²) in [5.41, 5.74) is 1.66. The lowest BCUT2D eigenvalue weighted by Crippen LogP contribution is -1.83. The SMILES string of the molecule is Cc1c(Br)cc(F)cc1Br.FCc1c(Br)cc(Br)cc1Br. The third-order valence-corrected chi connectivity index (χ3v) is 6.01. The lowest BCUT2D eigenvalue weighted by Gasteiger charge is -2.02. The molecule has 7 heteroatoms. The maximum Gasteiger partial charge on any atom is 0.125 e. The zero-order chi connectivity index (χ0) is 16.2. The van der Waals surface area contributed by atoms with Gasteiger partial charge in [-0.25, -0.2) is 8.78 Å². The van der Waals surface area contributed by atoms with E-state index in [9.17, 15) is 8.78 Å². The first kappa shape index (κ1) is 19.7. The average Bonchev–Trinajstić information content (AvgIpc) is 2.36. The molecule has 0 amide bonds. The average molecular weight is 615 g/mol. The van der Waals surface area contributed by atoms with E-state index in [0.29, 0.717) is 5.56 Å². The molecule has 0 aliphatic rings. The van der Waals surface area contributed by atoms with Gasteiger partial charge in [0, 0.05) is 27.9 Å². The van der Waals surface area contributed by atoms with E-state index < -0.39 is 6.67 Å². The van der Waals surface area contributed by atoms with Crippen LogP contribution >= 0.6 is 79.6 Å². The van der Waals surface area contributed by atoms with Crippen molar-refractivity contribution in [2.24, 2.45) is 0 Å². The summed E-state index contributed by atoms with van der Waals surface area (Å²) in [7, 11) is 0. The molecule has 0 saturated carbocycles. The smallest absolute Gasteiger partial charge is 0.125 e. The molecular formula is C14H9Br5F2. The molecule has 0 nitrogen and oxygen atoms in total. The Morgan fingerprint density at radius 1 is 0.810 bits per heavy atom. The van der Waals surface area contributed by atoms with E-state index in [2.05, 4.69) is 79.6 Å². The van der Waals surface area contributed by atoms with Gasteiger partial charge in [0.1, 0.15) is 12.5 Å². The quantitative estimate of drug-likeness (QED) is 0.305. The summed E-state index contributed by atoms with van der Waals surface area (Å²) >= 11 is 16.3. The molecule has 0 atom stereocenters. The van der Waals surface area contributed by atoms with E-state index in [1.165, 1.54) is 12.1 Å². The summed E-state index contributed by atoms with van der Waals surface area (Å²) in [5.74, 6) is -0.232. The van der Waals surface area contributed by atoms with Gasteiger partial charge in [-0.3, -0.25) is 0 Å². The minimum atomic E-state index is -0.464. The summed E-state index contributed by atoms with van der Waals surface area (Å²) in [6.07, 6.45) is 0. The third kappa shape index (κ3) is 6.01. The van der Waals surface area contributed by atoms with Gasteiger partial charge in [-0.1, -0.05) is 79.6 Å². The maximum atomic E-state index is 12.5. The van der Waals surface area contributed by atoms with Crippen molar-refractivity contribution in [3.8, 4) is 0 Å². The van der Waals surface area contributed by atoms with Crippen LogP contribution in [-0.2, 0) is 6.67 Å². The second-order valence-corrected chi connectivity index (χ2v) is 8.31. The van der Waals surface area contributed by atoms with Crippen molar-refractivity contribution in [1.82, 2.24) is 0 Å². The first-order valence-electron chi connectivity index (χ1n) is 5.56. The molecular weight excluding hydrogens is 606 g/mol. The van der Waals surface area contributed by atoms with E-state index in [4.69, 9.17) is 0 Å². The largest absolute Gasteiger partial charge is 0.246 e. The highest BCUT2D eigenvalue weighted by Gasteiger charge is 2.05. The van der Waals surface area contributed by atoms with Crippen molar-refractivity contribution in [1.29, 1.82) is 0 Å². The van der Waals surface area contributed by atoms with Gasteiger partial charge in [0.05, 0.1) is 0 Å². The molecule has 114 valence electrons. The van der Waals surface area contributed by atoms with E-state index in [-0.39, 0.29) is 5.82 Å². The van der Waals surface area contributed by atoms with Gasteiger partial charge in [0.15, 0.2) is 0 Å². The fourth-order valence-corrected chi connectivity index (χ4v) is 4.92. The Kier molecular flexibility index (Phi) is 8.56. The number of rotatable bonds is 1. The van der Waals surface area contributed by atoms with Crippen LogP contribution < -0.4 is 0 Å². The van der Waals surface area contributed by atoms with Crippen molar-refractivity contribution >= 4 is 79.6 Å². The van der Waals surface area contributed by atoms with Crippen molar-refractivity contribution in [3.63, 3.8) is 0 Å². The van der Waals surface area contributed by atoms with Crippen LogP contribution in [-0.4, -0.2) is 0 Å². The van der Waals surface area contributed by atoms with E-state index in [1.807, 2.05) is 19.1 Å². The normalized spacial score (nSPS) is 10.1. The fourth-order valence-electron chi connectivity index (χ4n) is 1.31. The molecule has 0 aromatic heterocycles. The Hall–Kier alpha value is 0.700. The zero-order valence-electron chi connectivity index (χ0n) is 10.7. The molecule has 21 heavy (non-hydrogen) atoms. The predicted molar refractivity (Wildman–Crippen MR) is 101 cm³/mol. The highest BCUT2D eigenvalue weighted by Crippen LogP contribution is 2.30. The van der Waals surface area contributed by atoms with Gasteiger partial charge in [0.25, 0.3) is 0 Å².